The summed E-state index contributed by atoms with van der Waals surface area (Å²) < 4.78 is 50.4. The van der Waals surface area contributed by atoms with Gasteiger partial charge in [0.25, 0.3) is 0 Å². The molecule has 184 valence electrons. The van der Waals surface area contributed by atoms with Gasteiger partial charge in [0, 0.05) is 21.5 Å². The van der Waals surface area contributed by atoms with Gasteiger partial charge in [0.1, 0.15) is 11.5 Å². The normalized spacial score (nSPS) is 17.6. The number of amides is 2. The topological polar surface area (TPSA) is 61.8 Å². The van der Waals surface area contributed by atoms with Crippen molar-refractivity contribution in [3.63, 3.8) is 0 Å². The van der Waals surface area contributed by atoms with Crippen molar-refractivity contribution in [3.8, 4) is 11.5 Å². The largest absolute Gasteiger partial charge is 0.507 e. The number of hydrogen-bond donors (Lipinski definition) is 2. The number of carbonyl (C=O) groups is 1. The zero-order valence-electron chi connectivity index (χ0n) is 18.9. The number of nitrogens with zero attached hydrogens (tertiary/aromatic N) is 1. The molecular formula is C27H20ClF3N2O3. The molecule has 1 aliphatic rings. The van der Waals surface area contributed by atoms with Gasteiger partial charge in [0.05, 0.1) is 19.3 Å². The third-order valence-electron chi connectivity index (χ3n) is 6.42. The molecule has 0 fully saturated rings. The van der Waals surface area contributed by atoms with Crippen molar-refractivity contribution in [1.82, 2.24) is 5.32 Å². The van der Waals surface area contributed by atoms with Crippen LogP contribution in [-0.2, 0) is 12.1 Å². The Hall–Kier alpha value is -3.91. The van der Waals surface area contributed by atoms with E-state index in [2.05, 4.69) is 5.32 Å². The maximum absolute atomic E-state index is 15.1. The van der Waals surface area contributed by atoms with Crippen LogP contribution in [0.3, 0.4) is 0 Å². The molecule has 0 saturated heterocycles. The fourth-order valence-electron chi connectivity index (χ4n) is 4.67. The molecule has 2 N–H and O–H groups in total. The van der Waals surface area contributed by atoms with E-state index in [-0.39, 0.29) is 28.2 Å². The molecule has 1 atom stereocenters. The van der Waals surface area contributed by atoms with E-state index in [1.807, 2.05) is 0 Å². The maximum Gasteiger partial charge on any atom is 0.420 e. The van der Waals surface area contributed by atoms with Gasteiger partial charge < -0.3 is 15.2 Å². The molecule has 0 aromatic heterocycles. The first kappa shape index (κ1) is 23.8. The number of nitrogens with one attached hydrogen (secondary N) is 1. The molecule has 0 unspecified atom stereocenters. The number of anilines is 1. The van der Waals surface area contributed by atoms with Crippen LogP contribution in [0.2, 0.25) is 5.02 Å². The number of hydrogen-bond acceptors (Lipinski definition) is 3. The van der Waals surface area contributed by atoms with E-state index in [9.17, 15) is 9.90 Å². The van der Waals surface area contributed by atoms with Crippen molar-refractivity contribution in [2.45, 2.75) is 18.3 Å². The van der Waals surface area contributed by atoms with Gasteiger partial charge in [-0.15, -0.1) is 0 Å². The Morgan fingerprint density at radius 2 is 1.72 bits per heavy atom. The highest BCUT2D eigenvalue weighted by Crippen LogP contribution is 2.53. The Kier molecular flexibility index (Phi) is 5.71. The molecule has 9 heteroatoms. The first-order valence-corrected chi connectivity index (χ1v) is 11.3. The highest BCUT2D eigenvalue weighted by molar-refractivity contribution is 6.30. The number of aromatic hydroxyl groups is 1. The zero-order valence-corrected chi connectivity index (χ0v) is 19.7. The lowest BCUT2D eigenvalue weighted by Gasteiger charge is -2.45. The molecule has 4 aromatic carbocycles. The van der Waals surface area contributed by atoms with Gasteiger partial charge in [0.2, 0.25) is 0 Å². The quantitative estimate of drug-likeness (QED) is 0.318. The number of carbonyl (C=O) groups excluding carboxylic acids is 1. The van der Waals surface area contributed by atoms with Crippen molar-refractivity contribution in [1.29, 1.82) is 0 Å². The van der Waals surface area contributed by atoms with Gasteiger partial charge in [-0.2, -0.15) is 13.2 Å². The summed E-state index contributed by atoms with van der Waals surface area (Å²) in [6.45, 7) is 0.00208. The van der Waals surface area contributed by atoms with Crippen LogP contribution < -0.4 is 15.0 Å². The molecule has 0 saturated carbocycles. The second-order valence-corrected chi connectivity index (χ2v) is 8.89. The van der Waals surface area contributed by atoms with Gasteiger partial charge >= 0.3 is 12.2 Å². The van der Waals surface area contributed by atoms with Crippen molar-refractivity contribution in [2.75, 3.05) is 12.0 Å². The van der Waals surface area contributed by atoms with Crippen LogP contribution in [0.5, 0.6) is 11.5 Å². The molecule has 0 spiro atoms. The van der Waals surface area contributed by atoms with Gasteiger partial charge in [-0.05, 0) is 41.3 Å². The summed E-state index contributed by atoms with van der Waals surface area (Å²) >= 11 is 6.18. The molecule has 4 aromatic rings. The van der Waals surface area contributed by atoms with E-state index in [4.69, 9.17) is 16.3 Å². The molecule has 1 aliphatic heterocycles. The van der Waals surface area contributed by atoms with E-state index in [0.717, 1.165) is 0 Å². The Morgan fingerprint density at radius 3 is 2.42 bits per heavy atom. The van der Waals surface area contributed by atoms with E-state index in [1.54, 1.807) is 42.5 Å². The number of benzene rings is 4. The van der Waals surface area contributed by atoms with Crippen molar-refractivity contribution >= 4 is 34.1 Å². The minimum absolute atomic E-state index is 0.00208. The molecule has 2 amide bonds. The van der Waals surface area contributed by atoms with E-state index < -0.39 is 29.1 Å². The average Bonchev–Trinajstić information content (AvgIpc) is 2.86. The van der Waals surface area contributed by atoms with Crippen LogP contribution in [0.1, 0.15) is 16.7 Å². The predicted molar refractivity (Wildman–Crippen MR) is 132 cm³/mol. The van der Waals surface area contributed by atoms with Gasteiger partial charge in [-0.1, -0.05) is 60.1 Å². The number of phenols is 1. The summed E-state index contributed by atoms with van der Waals surface area (Å²) in [5.74, 6) is 0.0390. The fraction of sp³-hybridized carbons (Fsp3) is 0.148. The number of urea groups is 1. The van der Waals surface area contributed by atoms with Crippen LogP contribution in [-0.4, -0.2) is 24.4 Å². The number of rotatable bonds is 4. The maximum atomic E-state index is 15.1. The van der Waals surface area contributed by atoms with Crippen molar-refractivity contribution < 1.29 is 27.8 Å². The fourth-order valence-corrected chi connectivity index (χ4v) is 4.84. The lowest BCUT2D eigenvalue weighted by atomic mass is 9.78. The van der Waals surface area contributed by atoms with Crippen LogP contribution in [0.15, 0.2) is 78.9 Å². The first-order chi connectivity index (χ1) is 17.2. The van der Waals surface area contributed by atoms with E-state index >= 15 is 13.2 Å². The third-order valence-corrected chi connectivity index (χ3v) is 6.66. The summed E-state index contributed by atoms with van der Waals surface area (Å²) in [6, 6.07) is 19.1. The smallest absolute Gasteiger partial charge is 0.420 e. The summed E-state index contributed by atoms with van der Waals surface area (Å²) in [4.78, 5) is 14.6. The molecular weight excluding hydrogens is 493 g/mol. The van der Waals surface area contributed by atoms with E-state index in [0.29, 0.717) is 16.7 Å². The highest BCUT2D eigenvalue weighted by Gasteiger charge is 2.63. The number of halogens is 4. The summed E-state index contributed by atoms with van der Waals surface area (Å²) in [7, 11) is 1.52. The van der Waals surface area contributed by atoms with Crippen molar-refractivity contribution in [3.05, 3.63) is 101 Å². The number of fused-ring (bicyclic) bond motifs is 2. The average molecular weight is 513 g/mol. The van der Waals surface area contributed by atoms with Crippen molar-refractivity contribution in [2.24, 2.45) is 0 Å². The number of methoxy groups -OCH3 is 1. The monoisotopic (exact) mass is 512 g/mol. The highest BCUT2D eigenvalue weighted by atomic mass is 35.5. The third kappa shape index (κ3) is 3.69. The minimum atomic E-state index is -5.02. The Balaban J connectivity index is 1.73. The van der Waals surface area contributed by atoms with Crippen LogP contribution in [0, 0.1) is 0 Å². The molecule has 5 nitrogen and oxygen atoms in total. The zero-order chi connectivity index (χ0) is 25.7. The number of phenolic OH excluding ortho intramolecular Hbond substituents is 1. The van der Waals surface area contributed by atoms with Crippen LogP contribution in [0.4, 0.5) is 23.7 Å². The second-order valence-electron chi connectivity index (χ2n) is 8.46. The number of ether oxygens (including phenoxy) is 1. The lowest BCUT2D eigenvalue weighted by molar-refractivity contribution is -0.184. The van der Waals surface area contributed by atoms with Gasteiger partial charge in [-0.3, -0.25) is 4.90 Å². The molecule has 5 rings (SSSR count). The molecule has 1 heterocycles. The first-order valence-electron chi connectivity index (χ1n) is 11.0. The molecule has 36 heavy (non-hydrogen) atoms. The minimum Gasteiger partial charge on any atom is -0.507 e. The molecule has 0 aliphatic carbocycles. The predicted octanol–water partition coefficient (Wildman–Crippen LogP) is 6.74. The van der Waals surface area contributed by atoms with Crippen LogP contribution >= 0.6 is 11.6 Å². The summed E-state index contributed by atoms with van der Waals surface area (Å²) in [5, 5.41) is 14.1. The Bertz CT molecular complexity index is 1470. The lowest BCUT2D eigenvalue weighted by Crippen LogP contribution is -2.63. The number of alkyl halides is 3. The Labute approximate surface area is 209 Å². The van der Waals surface area contributed by atoms with Gasteiger partial charge in [-0.25, -0.2) is 4.79 Å². The van der Waals surface area contributed by atoms with E-state index in [1.165, 1.54) is 48.4 Å². The summed E-state index contributed by atoms with van der Waals surface area (Å²) in [6.07, 6.45) is -5.02. The SMILES string of the molecule is COc1ccc(CN2C(=O)N[C@](c3ccc4ccccc4c3O)(C(F)(F)F)c3cc(Cl)ccc32)cc1. The standard InChI is InChI=1S/C27H20ClF3N2O3/c1-36-19-10-6-16(7-11-19)15-33-23-13-9-18(28)14-22(23)26(27(29,30)31,32-25(33)35)21-12-8-17-4-2-3-5-20(17)24(21)34/h2-14,34H,15H2,1H3,(H,32,35)/t26-/m0/s1. The molecule has 0 radical (unpaired) electrons. The molecule has 0 bridgehead atoms. The Morgan fingerprint density at radius 1 is 1.00 bits per heavy atom. The summed E-state index contributed by atoms with van der Waals surface area (Å²) in [5.41, 5.74) is -3.10. The van der Waals surface area contributed by atoms with Crippen LogP contribution in [0.25, 0.3) is 10.8 Å². The van der Waals surface area contributed by atoms with Gasteiger partial charge in [0.15, 0.2) is 5.54 Å². The second kappa shape index (κ2) is 8.64.